The number of terminal acetylenes is 1. The van der Waals surface area contributed by atoms with Crippen LogP contribution >= 0.6 is 0 Å². The third-order valence-electron chi connectivity index (χ3n) is 2.07. The van der Waals surface area contributed by atoms with Crippen LogP contribution in [0.1, 0.15) is 10.4 Å². The minimum Gasteiger partial charge on any atom is -0.491 e. The molecule has 0 spiro atoms. The standard InChI is InChI=1S/C14H16O4/c1-2-7-16-8-9-17-10-11-18-14-5-3-13(12-15)4-6-14/h1,3-6,12H,7-11H2. The van der Waals surface area contributed by atoms with Crippen molar-refractivity contribution in [2.24, 2.45) is 0 Å². The summed E-state index contributed by atoms with van der Waals surface area (Å²) in [5.74, 6) is 3.09. The zero-order valence-electron chi connectivity index (χ0n) is 10.1. The molecule has 0 aliphatic heterocycles. The normalized spacial score (nSPS) is 9.72. The Hall–Kier alpha value is -1.83. The van der Waals surface area contributed by atoms with Gasteiger partial charge in [0.2, 0.25) is 0 Å². The molecule has 18 heavy (non-hydrogen) atoms. The zero-order chi connectivity index (χ0) is 13.1. The summed E-state index contributed by atoms with van der Waals surface area (Å²) >= 11 is 0. The van der Waals surface area contributed by atoms with Crippen molar-refractivity contribution in [2.75, 3.05) is 33.0 Å². The Morgan fingerprint density at radius 3 is 2.39 bits per heavy atom. The highest BCUT2D eigenvalue weighted by Crippen LogP contribution is 2.10. The van der Waals surface area contributed by atoms with Crippen LogP contribution in [0.15, 0.2) is 24.3 Å². The monoisotopic (exact) mass is 248 g/mol. The van der Waals surface area contributed by atoms with Crippen molar-refractivity contribution in [3.05, 3.63) is 29.8 Å². The zero-order valence-corrected chi connectivity index (χ0v) is 10.1. The van der Waals surface area contributed by atoms with E-state index in [9.17, 15) is 4.79 Å². The molecule has 4 heteroatoms. The fraction of sp³-hybridized carbons (Fsp3) is 0.357. The number of aldehydes is 1. The molecule has 1 rings (SSSR count). The molecule has 1 aromatic carbocycles. The van der Waals surface area contributed by atoms with Gasteiger partial charge in [-0.1, -0.05) is 5.92 Å². The van der Waals surface area contributed by atoms with E-state index < -0.39 is 0 Å². The second-order valence-corrected chi connectivity index (χ2v) is 3.40. The summed E-state index contributed by atoms with van der Waals surface area (Å²) in [5, 5.41) is 0. The van der Waals surface area contributed by atoms with Gasteiger partial charge in [-0.15, -0.1) is 6.42 Å². The van der Waals surface area contributed by atoms with Gasteiger partial charge in [0, 0.05) is 5.56 Å². The van der Waals surface area contributed by atoms with Crippen LogP contribution < -0.4 is 4.74 Å². The van der Waals surface area contributed by atoms with Gasteiger partial charge in [0.05, 0.1) is 19.8 Å². The first-order chi connectivity index (χ1) is 8.86. The lowest BCUT2D eigenvalue weighted by Crippen LogP contribution is -2.10. The molecule has 0 heterocycles. The van der Waals surface area contributed by atoms with Crippen molar-refractivity contribution in [1.29, 1.82) is 0 Å². The van der Waals surface area contributed by atoms with E-state index in [1.165, 1.54) is 0 Å². The molecule has 0 aromatic heterocycles. The second-order valence-electron chi connectivity index (χ2n) is 3.40. The Morgan fingerprint density at radius 1 is 1.06 bits per heavy atom. The molecule has 0 amide bonds. The molecule has 0 unspecified atom stereocenters. The van der Waals surface area contributed by atoms with Crippen LogP contribution in [0.5, 0.6) is 5.75 Å². The summed E-state index contributed by atoms with van der Waals surface area (Å²) in [4.78, 5) is 10.4. The number of carbonyl (C=O) groups is 1. The molecule has 0 aliphatic carbocycles. The van der Waals surface area contributed by atoms with Gasteiger partial charge in [-0.25, -0.2) is 0 Å². The first kappa shape index (κ1) is 14.2. The van der Waals surface area contributed by atoms with Gasteiger partial charge in [0.25, 0.3) is 0 Å². The summed E-state index contributed by atoms with van der Waals surface area (Å²) in [5.41, 5.74) is 0.629. The molecular weight excluding hydrogens is 232 g/mol. The molecule has 0 aliphatic rings. The van der Waals surface area contributed by atoms with Gasteiger partial charge >= 0.3 is 0 Å². The fourth-order valence-corrected chi connectivity index (χ4v) is 1.21. The molecule has 0 fully saturated rings. The lowest BCUT2D eigenvalue weighted by Gasteiger charge is -2.07. The van der Waals surface area contributed by atoms with Crippen LogP contribution in [-0.2, 0) is 9.47 Å². The number of ether oxygens (including phenoxy) is 3. The van der Waals surface area contributed by atoms with E-state index >= 15 is 0 Å². The van der Waals surface area contributed by atoms with E-state index in [2.05, 4.69) is 5.92 Å². The maximum Gasteiger partial charge on any atom is 0.150 e. The predicted molar refractivity (Wildman–Crippen MR) is 67.8 cm³/mol. The SMILES string of the molecule is C#CCOCCOCCOc1ccc(C=O)cc1. The first-order valence-corrected chi connectivity index (χ1v) is 5.64. The molecule has 0 saturated heterocycles. The fourth-order valence-electron chi connectivity index (χ4n) is 1.21. The Bertz CT molecular complexity index is 378. The number of hydrogen-bond acceptors (Lipinski definition) is 4. The molecule has 0 atom stereocenters. The van der Waals surface area contributed by atoms with Crippen molar-refractivity contribution < 1.29 is 19.0 Å². The molecule has 1 aromatic rings. The third kappa shape index (κ3) is 6.04. The molecular formula is C14H16O4. The molecule has 0 radical (unpaired) electrons. The van der Waals surface area contributed by atoms with Gasteiger partial charge in [0.1, 0.15) is 25.2 Å². The van der Waals surface area contributed by atoms with E-state index in [1.807, 2.05) is 0 Å². The highest BCUT2D eigenvalue weighted by molar-refractivity contribution is 5.74. The lowest BCUT2D eigenvalue weighted by molar-refractivity contribution is 0.0462. The van der Waals surface area contributed by atoms with Gasteiger partial charge in [-0.05, 0) is 24.3 Å². The lowest BCUT2D eigenvalue weighted by atomic mass is 10.2. The summed E-state index contributed by atoms with van der Waals surface area (Å²) < 4.78 is 15.7. The molecule has 0 N–H and O–H groups in total. The van der Waals surface area contributed by atoms with Crippen LogP contribution in [0.4, 0.5) is 0 Å². The smallest absolute Gasteiger partial charge is 0.150 e. The summed E-state index contributed by atoms with van der Waals surface area (Å²) in [6.45, 7) is 2.22. The maximum absolute atomic E-state index is 10.4. The quantitative estimate of drug-likeness (QED) is 0.378. The minimum absolute atomic E-state index is 0.308. The van der Waals surface area contributed by atoms with Crippen molar-refractivity contribution >= 4 is 6.29 Å². The average molecular weight is 248 g/mol. The van der Waals surface area contributed by atoms with E-state index in [4.69, 9.17) is 20.6 Å². The highest BCUT2D eigenvalue weighted by atomic mass is 16.5. The van der Waals surface area contributed by atoms with Crippen LogP contribution in [0.2, 0.25) is 0 Å². The number of carbonyl (C=O) groups excluding carboxylic acids is 1. The van der Waals surface area contributed by atoms with Crippen LogP contribution in [0, 0.1) is 12.3 Å². The van der Waals surface area contributed by atoms with Gasteiger partial charge in [0.15, 0.2) is 0 Å². The Labute approximate surface area is 107 Å². The van der Waals surface area contributed by atoms with Crippen molar-refractivity contribution in [2.45, 2.75) is 0 Å². The average Bonchev–Trinajstić information content (AvgIpc) is 2.42. The predicted octanol–water partition coefficient (Wildman–Crippen LogP) is 1.54. The molecule has 0 bridgehead atoms. The van der Waals surface area contributed by atoms with E-state index in [-0.39, 0.29) is 0 Å². The Morgan fingerprint density at radius 2 is 1.72 bits per heavy atom. The molecule has 0 saturated carbocycles. The van der Waals surface area contributed by atoms with Crippen molar-refractivity contribution in [3.63, 3.8) is 0 Å². The van der Waals surface area contributed by atoms with E-state index in [0.717, 1.165) is 6.29 Å². The minimum atomic E-state index is 0.308. The van der Waals surface area contributed by atoms with Crippen LogP contribution in [0.3, 0.4) is 0 Å². The number of benzene rings is 1. The van der Waals surface area contributed by atoms with Gasteiger partial charge < -0.3 is 14.2 Å². The third-order valence-corrected chi connectivity index (χ3v) is 2.07. The number of rotatable bonds is 9. The van der Waals surface area contributed by atoms with Crippen LogP contribution in [0.25, 0.3) is 0 Å². The summed E-state index contributed by atoms with van der Waals surface area (Å²) in [6.07, 6.45) is 5.81. The Balaban J connectivity index is 2.03. The summed E-state index contributed by atoms with van der Waals surface area (Å²) in [6, 6.07) is 6.91. The number of hydrogen-bond donors (Lipinski definition) is 0. The molecule has 4 nitrogen and oxygen atoms in total. The Kier molecular flexibility index (Phi) is 7.29. The maximum atomic E-state index is 10.4. The van der Waals surface area contributed by atoms with Crippen molar-refractivity contribution in [3.8, 4) is 18.1 Å². The summed E-state index contributed by atoms with van der Waals surface area (Å²) in [7, 11) is 0. The molecule has 96 valence electrons. The first-order valence-electron chi connectivity index (χ1n) is 5.64. The van der Waals surface area contributed by atoms with Gasteiger partial charge in [-0.2, -0.15) is 0 Å². The largest absolute Gasteiger partial charge is 0.491 e. The van der Waals surface area contributed by atoms with Gasteiger partial charge in [-0.3, -0.25) is 4.79 Å². The topological polar surface area (TPSA) is 44.8 Å². The highest BCUT2D eigenvalue weighted by Gasteiger charge is 1.95. The van der Waals surface area contributed by atoms with Crippen LogP contribution in [-0.4, -0.2) is 39.3 Å². The van der Waals surface area contributed by atoms with E-state index in [1.54, 1.807) is 24.3 Å². The van der Waals surface area contributed by atoms with Crippen molar-refractivity contribution in [1.82, 2.24) is 0 Å². The van der Waals surface area contributed by atoms with E-state index in [0.29, 0.717) is 44.3 Å². The second kappa shape index (κ2) is 9.23.